The minimum absolute atomic E-state index is 0.148. The van der Waals surface area contributed by atoms with E-state index in [1.807, 2.05) is 42.5 Å². The number of hydrogen-bond acceptors (Lipinski definition) is 3. The Bertz CT molecular complexity index is 923. The summed E-state index contributed by atoms with van der Waals surface area (Å²) >= 11 is 0. The monoisotopic (exact) mass is 532 g/mol. The van der Waals surface area contributed by atoms with Crippen LogP contribution < -0.4 is 0 Å². The molecule has 0 spiro atoms. The van der Waals surface area contributed by atoms with Gasteiger partial charge in [0.1, 0.15) is 0 Å². The standard InChI is InChI=1S/C20H30O2.C16H22O/c1-2-3-4-5-8-11-14-19-18(15-16-20(19)22)13-10-7-6-9-12-17-21;1-3-5-6-7-8-9-11-15-14(10-4-2)12-13-16(15)17/h7-8,10-11,14-16,18,21H,2-6,9,12-13,17H2,1H3;4,8-9,11-14H,2-3,5-7,10H2,1H3/b10-7-,11-8+,19-14+;9-8+,15-11+/t18-;14-/m00/s1. The van der Waals surface area contributed by atoms with Gasteiger partial charge in [-0.05, 0) is 69.9 Å². The van der Waals surface area contributed by atoms with Crippen LogP contribution in [0.15, 0.2) is 96.7 Å². The molecule has 0 aliphatic heterocycles. The van der Waals surface area contributed by atoms with Crippen molar-refractivity contribution in [1.29, 1.82) is 0 Å². The number of aliphatic hydroxyl groups is 1. The van der Waals surface area contributed by atoms with Crippen molar-refractivity contribution in [1.82, 2.24) is 0 Å². The van der Waals surface area contributed by atoms with Gasteiger partial charge in [-0.25, -0.2) is 0 Å². The molecule has 0 saturated carbocycles. The van der Waals surface area contributed by atoms with Gasteiger partial charge in [0.25, 0.3) is 0 Å². The predicted octanol–water partition coefficient (Wildman–Crippen LogP) is 9.29. The second-order valence-corrected chi connectivity index (χ2v) is 10.2. The summed E-state index contributed by atoms with van der Waals surface area (Å²) in [7, 11) is 0. The molecule has 0 radical (unpaired) electrons. The summed E-state index contributed by atoms with van der Waals surface area (Å²) in [4.78, 5) is 23.5. The van der Waals surface area contributed by atoms with Gasteiger partial charge in [-0.1, -0.05) is 106 Å². The summed E-state index contributed by atoms with van der Waals surface area (Å²) in [5.41, 5.74) is 1.81. The van der Waals surface area contributed by atoms with E-state index in [4.69, 9.17) is 5.11 Å². The molecule has 214 valence electrons. The fourth-order valence-corrected chi connectivity index (χ4v) is 4.47. The Morgan fingerprint density at radius 2 is 1.18 bits per heavy atom. The lowest BCUT2D eigenvalue weighted by Gasteiger charge is -2.06. The highest BCUT2D eigenvalue weighted by Gasteiger charge is 2.21. The largest absolute Gasteiger partial charge is 0.396 e. The number of carbonyl (C=O) groups excluding carboxylic acids is 2. The molecule has 0 bridgehead atoms. The van der Waals surface area contributed by atoms with Crippen LogP contribution in [0.1, 0.15) is 97.3 Å². The van der Waals surface area contributed by atoms with Gasteiger partial charge in [0, 0.05) is 29.6 Å². The second-order valence-electron chi connectivity index (χ2n) is 10.2. The van der Waals surface area contributed by atoms with E-state index in [-0.39, 0.29) is 30.0 Å². The van der Waals surface area contributed by atoms with E-state index in [1.54, 1.807) is 12.2 Å². The lowest BCUT2D eigenvalue weighted by Crippen LogP contribution is -2.01. The Labute approximate surface area is 238 Å². The van der Waals surface area contributed by atoms with Crippen molar-refractivity contribution in [3.63, 3.8) is 0 Å². The molecular formula is C36H52O3. The lowest BCUT2D eigenvalue weighted by molar-refractivity contribution is -0.112. The van der Waals surface area contributed by atoms with Gasteiger partial charge in [0.05, 0.1) is 0 Å². The average molecular weight is 533 g/mol. The molecule has 2 atom stereocenters. The molecule has 39 heavy (non-hydrogen) atoms. The van der Waals surface area contributed by atoms with E-state index in [0.29, 0.717) is 0 Å². The van der Waals surface area contributed by atoms with Gasteiger partial charge in [0.2, 0.25) is 0 Å². The van der Waals surface area contributed by atoms with Crippen molar-refractivity contribution in [3.05, 3.63) is 96.7 Å². The molecule has 3 heteroatoms. The normalized spacial score (nSPS) is 20.9. The maximum atomic E-state index is 11.9. The molecule has 0 unspecified atom stereocenters. The number of aliphatic hydroxyl groups excluding tert-OH is 1. The maximum Gasteiger partial charge on any atom is 0.182 e. The van der Waals surface area contributed by atoms with Crippen LogP contribution in [0.4, 0.5) is 0 Å². The Hall–Kier alpha value is -2.78. The number of allylic oxidation sites excluding steroid dienone is 15. The van der Waals surface area contributed by atoms with Gasteiger partial charge in [0.15, 0.2) is 11.6 Å². The van der Waals surface area contributed by atoms with Gasteiger partial charge < -0.3 is 5.11 Å². The fraction of sp³-hybridized carbons (Fsp3) is 0.500. The predicted molar refractivity (Wildman–Crippen MR) is 168 cm³/mol. The molecule has 0 aromatic rings. The molecule has 0 fully saturated rings. The molecule has 0 amide bonds. The second kappa shape index (κ2) is 23.1. The molecule has 0 aromatic heterocycles. The van der Waals surface area contributed by atoms with Crippen LogP contribution in [-0.4, -0.2) is 23.3 Å². The summed E-state index contributed by atoms with van der Waals surface area (Å²) in [6, 6.07) is 0. The average Bonchev–Trinajstić information content (AvgIpc) is 3.47. The fourth-order valence-electron chi connectivity index (χ4n) is 4.47. The first-order chi connectivity index (χ1) is 19.1. The van der Waals surface area contributed by atoms with E-state index in [0.717, 1.165) is 56.1 Å². The zero-order valence-corrected chi connectivity index (χ0v) is 24.5. The van der Waals surface area contributed by atoms with Gasteiger partial charge >= 0.3 is 0 Å². The smallest absolute Gasteiger partial charge is 0.182 e. The Morgan fingerprint density at radius 3 is 1.67 bits per heavy atom. The summed E-state index contributed by atoms with van der Waals surface area (Å²) in [5, 5.41) is 8.73. The van der Waals surface area contributed by atoms with Gasteiger partial charge in [-0.15, -0.1) is 6.58 Å². The Morgan fingerprint density at radius 1 is 0.692 bits per heavy atom. The third-order valence-electron chi connectivity index (χ3n) is 6.86. The van der Waals surface area contributed by atoms with E-state index in [1.165, 1.54) is 38.5 Å². The maximum absolute atomic E-state index is 11.9. The van der Waals surface area contributed by atoms with Crippen molar-refractivity contribution in [2.75, 3.05) is 6.61 Å². The topological polar surface area (TPSA) is 54.4 Å². The van der Waals surface area contributed by atoms with E-state index < -0.39 is 0 Å². The molecule has 2 aliphatic carbocycles. The lowest BCUT2D eigenvalue weighted by atomic mass is 9.97. The quantitative estimate of drug-likeness (QED) is 0.109. The summed E-state index contributed by atoms with van der Waals surface area (Å²) in [6.45, 7) is 8.40. The highest BCUT2D eigenvalue weighted by atomic mass is 16.2. The first-order valence-electron chi connectivity index (χ1n) is 15.1. The summed E-state index contributed by atoms with van der Waals surface area (Å²) in [5.74, 6) is 0.758. The number of hydrogen-bond donors (Lipinski definition) is 1. The zero-order chi connectivity index (χ0) is 28.6. The molecule has 0 saturated heterocycles. The first-order valence-corrected chi connectivity index (χ1v) is 15.1. The van der Waals surface area contributed by atoms with Crippen LogP contribution in [0, 0.1) is 11.8 Å². The highest BCUT2D eigenvalue weighted by Crippen LogP contribution is 2.26. The van der Waals surface area contributed by atoms with Crippen molar-refractivity contribution < 1.29 is 14.7 Å². The van der Waals surface area contributed by atoms with Crippen LogP contribution in [0.25, 0.3) is 0 Å². The van der Waals surface area contributed by atoms with Crippen LogP contribution >= 0.6 is 0 Å². The number of rotatable bonds is 18. The third kappa shape index (κ3) is 15.4. The number of unbranched alkanes of at least 4 members (excludes halogenated alkanes) is 8. The van der Waals surface area contributed by atoms with E-state index in [2.05, 4.69) is 44.7 Å². The minimum Gasteiger partial charge on any atom is -0.396 e. The van der Waals surface area contributed by atoms with Crippen LogP contribution in [0.3, 0.4) is 0 Å². The van der Waals surface area contributed by atoms with Crippen molar-refractivity contribution in [3.8, 4) is 0 Å². The van der Waals surface area contributed by atoms with Crippen LogP contribution in [0.5, 0.6) is 0 Å². The minimum atomic E-state index is 0.148. The Kier molecular flexibility index (Phi) is 20.3. The summed E-state index contributed by atoms with van der Waals surface area (Å²) in [6.07, 6.45) is 40.2. The van der Waals surface area contributed by atoms with Crippen LogP contribution in [-0.2, 0) is 9.59 Å². The molecule has 0 aromatic carbocycles. The van der Waals surface area contributed by atoms with E-state index in [9.17, 15) is 9.59 Å². The van der Waals surface area contributed by atoms with E-state index >= 15 is 0 Å². The third-order valence-corrected chi connectivity index (χ3v) is 6.86. The van der Waals surface area contributed by atoms with Gasteiger partial charge in [-0.3, -0.25) is 9.59 Å². The highest BCUT2D eigenvalue weighted by molar-refractivity contribution is 6.07. The molecular weight excluding hydrogens is 480 g/mol. The first kappa shape index (κ1) is 34.2. The summed E-state index contributed by atoms with van der Waals surface area (Å²) < 4.78 is 0. The van der Waals surface area contributed by atoms with Crippen molar-refractivity contribution >= 4 is 11.6 Å². The zero-order valence-electron chi connectivity index (χ0n) is 24.5. The Balaban J connectivity index is 0.000000403. The molecule has 3 nitrogen and oxygen atoms in total. The van der Waals surface area contributed by atoms with Crippen molar-refractivity contribution in [2.24, 2.45) is 11.8 Å². The molecule has 2 rings (SSSR count). The number of ketones is 2. The molecule has 2 aliphatic rings. The number of carbonyl (C=O) groups is 2. The van der Waals surface area contributed by atoms with Gasteiger partial charge in [-0.2, -0.15) is 0 Å². The SMILES string of the molecule is C=CC[C@H]1C=CC(=O)/C1=C/C=C/CCCCC.CCCCC/C=C/C=C1/C(=O)C=C[C@@H]1C/C=C\CCCCO. The molecule has 0 heterocycles. The van der Waals surface area contributed by atoms with Crippen LogP contribution in [0.2, 0.25) is 0 Å². The van der Waals surface area contributed by atoms with Crippen molar-refractivity contribution in [2.45, 2.75) is 97.3 Å². The molecule has 1 N–H and O–H groups in total.